The maximum Gasteiger partial charge on any atom is 0.00499 e. The summed E-state index contributed by atoms with van der Waals surface area (Å²) in [5.74, 6) is 0. The van der Waals surface area contributed by atoms with Gasteiger partial charge in [0.15, 0.2) is 0 Å². The minimum Gasteiger partial charge on any atom is -0.330 e. The van der Waals surface area contributed by atoms with Gasteiger partial charge in [0.2, 0.25) is 0 Å². The predicted molar refractivity (Wildman–Crippen MR) is 57.7 cm³/mol. The van der Waals surface area contributed by atoms with Gasteiger partial charge in [0.25, 0.3) is 0 Å². The van der Waals surface area contributed by atoms with Crippen molar-refractivity contribution in [3.05, 3.63) is 0 Å². The van der Waals surface area contributed by atoms with Crippen LogP contribution in [0.5, 0.6) is 0 Å². The Morgan fingerprint density at radius 3 is 2.38 bits per heavy atom. The Bertz CT molecular complexity index is 141. The molecule has 2 heteroatoms. The fourth-order valence-corrected chi connectivity index (χ4v) is 1.81. The molecule has 0 aromatic rings. The molecule has 2 nitrogen and oxygen atoms in total. The van der Waals surface area contributed by atoms with E-state index in [2.05, 4.69) is 18.7 Å². The molecule has 0 aromatic carbocycles. The highest BCUT2D eigenvalue weighted by molar-refractivity contribution is 4.96. The van der Waals surface area contributed by atoms with Crippen LogP contribution in [-0.2, 0) is 0 Å². The minimum absolute atomic E-state index is 0.518. The summed E-state index contributed by atoms with van der Waals surface area (Å²) in [6, 6.07) is 0. The standard InChI is InChI=1S/C11H24N2/c1-3-5-8-13(4-2)10-11(9-12)6-7-11/h3-10,12H2,1-2H3. The van der Waals surface area contributed by atoms with Crippen molar-refractivity contribution in [1.82, 2.24) is 4.90 Å². The van der Waals surface area contributed by atoms with Gasteiger partial charge in [-0.25, -0.2) is 0 Å². The molecule has 1 aliphatic carbocycles. The van der Waals surface area contributed by atoms with Gasteiger partial charge >= 0.3 is 0 Å². The molecule has 0 unspecified atom stereocenters. The van der Waals surface area contributed by atoms with Crippen molar-refractivity contribution in [3.8, 4) is 0 Å². The van der Waals surface area contributed by atoms with Crippen molar-refractivity contribution in [2.45, 2.75) is 39.5 Å². The van der Waals surface area contributed by atoms with Crippen molar-refractivity contribution in [3.63, 3.8) is 0 Å². The summed E-state index contributed by atoms with van der Waals surface area (Å²) in [4.78, 5) is 2.56. The first-order valence-corrected chi connectivity index (χ1v) is 5.69. The molecule has 0 aliphatic heterocycles. The van der Waals surface area contributed by atoms with Crippen LogP contribution in [0.4, 0.5) is 0 Å². The molecule has 1 fully saturated rings. The van der Waals surface area contributed by atoms with Crippen molar-refractivity contribution < 1.29 is 0 Å². The first kappa shape index (κ1) is 11.0. The van der Waals surface area contributed by atoms with E-state index in [0.29, 0.717) is 5.41 Å². The maximum absolute atomic E-state index is 5.77. The van der Waals surface area contributed by atoms with Gasteiger partial charge in [-0.2, -0.15) is 0 Å². The molecule has 1 rings (SSSR count). The van der Waals surface area contributed by atoms with Crippen LogP contribution in [0.2, 0.25) is 0 Å². The highest BCUT2D eigenvalue weighted by Crippen LogP contribution is 2.45. The number of hydrogen-bond acceptors (Lipinski definition) is 2. The van der Waals surface area contributed by atoms with Gasteiger partial charge in [-0.1, -0.05) is 20.3 Å². The molecule has 0 heterocycles. The molecular weight excluding hydrogens is 160 g/mol. The quantitative estimate of drug-likeness (QED) is 0.654. The Morgan fingerprint density at radius 1 is 1.31 bits per heavy atom. The number of nitrogens with two attached hydrogens (primary N) is 1. The van der Waals surface area contributed by atoms with Gasteiger partial charge in [0.1, 0.15) is 0 Å². The van der Waals surface area contributed by atoms with E-state index >= 15 is 0 Å². The molecule has 78 valence electrons. The monoisotopic (exact) mass is 184 g/mol. The average molecular weight is 184 g/mol. The third-order valence-electron chi connectivity index (χ3n) is 3.22. The lowest BCUT2D eigenvalue weighted by Gasteiger charge is -2.25. The van der Waals surface area contributed by atoms with Crippen LogP contribution < -0.4 is 5.73 Å². The van der Waals surface area contributed by atoms with Gasteiger partial charge in [-0.05, 0) is 44.3 Å². The first-order valence-electron chi connectivity index (χ1n) is 5.69. The Balaban J connectivity index is 2.22. The summed E-state index contributed by atoms with van der Waals surface area (Å²) < 4.78 is 0. The Hall–Kier alpha value is -0.0800. The van der Waals surface area contributed by atoms with Gasteiger partial charge < -0.3 is 10.6 Å². The number of hydrogen-bond donors (Lipinski definition) is 1. The summed E-state index contributed by atoms with van der Waals surface area (Å²) in [5.41, 5.74) is 6.29. The van der Waals surface area contributed by atoms with Crippen LogP contribution in [0.1, 0.15) is 39.5 Å². The van der Waals surface area contributed by atoms with E-state index < -0.39 is 0 Å². The molecule has 0 amide bonds. The number of nitrogens with zero attached hydrogens (tertiary/aromatic N) is 1. The average Bonchev–Trinajstić information content (AvgIpc) is 2.93. The topological polar surface area (TPSA) is 29.3 Å². The van der Waals surface area contributed by atoms with Crippen molar-refractivity contribution in [2.24, 2.45) is 11.1 Å². The molecule has 0 saturated heterocycles. The van der Waals surface area contributed by atoms with Crippen LogP contribution in [0.3, 0.4) is 0 Å². The molecule has 0 radical (unpaired) electrons. The molecule has 2 N–H and O–H groups in total. The molecule has 0 atom stereocenters. The van der Waals surface area contributed by atoms with Gasteiger partial charge in [0.05, 0.1) is 0 Å². The van der Waals surface area contributed by atoms with Crippen molar-refractivity contribution in [1.29, 1.82) is 0 Å². The zero-order chi connectivity index (χ0) is 9.73. The number of rotatable bonds is 7. The van der Waals surface area contributed by atoms with Gasteiger partial charge in [0, 0.05) is 6.54 Å². The molecule has 1 aliphatic rings. The Kier molecular flexibility index (Phi) is 4.20. The smallest absolute Gasteiger partial charge is 0.00499 e. The third kappa shape index (κ3) is 3.28. The van der Waals surface area contributed by atoms with E-state index in [0.717, 1.165) is 6.54 Å². The van der Waals surface area contributed by atoms with Crippen LogP contribution >= 0.6 is 0 Å². The molecule has 0 bridgehead atoms. The molecular formula is C11H24N2. The fraction of sp³-hybridized carbons (Fsp3) is 1.00. The normalized spacial score (nSPS) is 19.4. The third-order valence-corrected chi connectivity index (χ3v) is 3.22. The lowest BCUT2D eigenvalue weighted by molar-refractivity contribution is 0.229. The second-order valence-electron chi connectivity index (χ2n) is 4.43. The van der Waals surface area contributed by atoms with E-state index in [1.807, 2.05) is 0 Å². The van der Waals surface area contributed by atoms with Crippen molar-refractivity contribution >= 4 is 0 Å². The van der Waals surface area contributed by atoms with E-state index in [-0.39, 0.29) is 0 Å². The molecule has 1 saturated carbocycles. The second-order valence-corrected chi connectivity index (χ2v) is 4.43. The summed E-state index contributed by atoms with van der Waals surface area (Å²) >= 11 is 0. The zero-order valence-corrected chi connectivity index (χ0v) is 9.18. The summed E-state index contributed by atoms with van der Waals surface area (Å²) in [6.07, 6.45) is 5.33. The summed E-state index contributed by atoms with van der Waals surface area (Å²) in [7, 11) is 0. The zero-order valence-electron chi connectivity index (χ0n) is 9.18. The number of unbranched alkanes of at least 4 members (excludes halogenated alkanes) is 1. The van der Waals surface area contributed by atoms with Gasteiger partial charge in [-0.3, -0.25) is 0 Å². The molecule has 0 aromatic heterocycles. The van der Waals surface area contributed by atoms with E-state index in [1.54, 1.807) is 0 Å². The van der Waals surface area contributed by atoms with Crippen molar-refractivity contribution in [2.75, 3.05) is 26.2 Å². The Labute approximate surface area is 82.5 Å². The molecule has 13 heavy (non-hydrogen) atoms. The van der Waals surface area contributed by atoms with E-state index in [9.17, 15) is 0 Å². The first-order chi connectivity index (χ1) is 6.26. The molecule has 0 spiro atoms. The predicted octanol–water partition coefficient (Wildman–Crippen LogP) is 1.85. The summed E-state index contributed by atoms with van der Waals surface area (Å²) in [5, 5.41) is 0. The largest absolute Gasteiger partial charge is 0.330 e. The summed E-state index contributed by atoms with van der Waals surface area (Å²) in [6.45, 7) is 9.07. The Morgan fingerprint density at radius 2 is 2.00 bits per heavy atom. The van der Waals surface area contributed by atoms with Crippen LogP contribution in [-0.4, -0.2) is 31.1 Å². The van der Waals surface area contributed by atoms with E-state index in [1.165, 1.54) is 45.3 Å². The fourth-order valence-electron chi connectivity index (χ4n) is 1.81. The second kappa shape index (κ2) is 4.97. The minimum atomic E-state index is 0.518. The highest BCUT2D eigenvalue weighted by Gasteiger charge is 2.41. The highest BCUT2D eigenvalue weighted by atomic mass is 15.1. The van der Waals surface area contributed by atoms with E-state index in [4.69, 9.17) is 5.73 Å². The lowest BCUT2D eigenvalue weighted by Crippen LogP contribution is -2.34. The van der Waals surface area contributed by atoms with Crippen LogP contribution in [0.25, 0.3) is 0 Å². The maximum atomic E-state index is 5.77. The van der Waals surface area contributed by atoms with Crippen LogP contribution in [0.15, 0.2) is 0 Å². The van der Waals surface area contributed by atoms with Gasteiger partial charge in [-0.15, -0.1) is 0 Å². The SMILES string of the molecule is CCCCN(CC)CC1(CN)CC1. The lowest BCUT2D eigenvalue weighted by atomic mass is 10.1. The van der Waals surface area contributed by atoms with Crippen LogP contribution in [0, 0.1) is 5.41 Å².